The van der Waals surface area contributed by atoms with Crippen molar-refractivity contribution in [2.24, 2.45) is 11.7 Å². The lowest BCUT2D eigenvalue weighted by Gasteiger charge is -2.38. The first-order chi connectivity index (χ1) is 9.28. The van der Waals surface area contributed by atoms with Crippen molar-refractivity contribution in [2.45, 2.75) is 58.5 Å². The van der Waals surface area contributed by atoms with Gasteiger partial charge in [0, 0.05) is 24.8 Å². The molecule has 1 aromatic rings. The molecule has 2 N–H and O–H groups in total. The maximum atomic E-state index is 5.67. The van der Waals surface area contributed by atoms with Gasteiger partial charge in [-0.05, 0) is 43.4 Å². The predicted octanol–water partition coefficient (Wildman–Crippen LogP) is 3.94. The average Bonchev–Trinajstić information content (AvgIpc) is 2.49. The smallest absolute Gasteiger partial charge is 0.0368 e. The normalized spacial score (nSPS) is 23.3. The summed E-state index contributed by atoms with van der Waals surface area (Å²) in [7, 11) is 0. The van der Waals surface area contributed by atoms with Crippen molar-refractivity contribution in [3.63, 3.8) is 0 Å². The highest BCUT2D eigenvalue weighted by Crippen LogP contribution is 2.32. The molecule has 1 saturated carbocycles. The van der Waals surface area contributed by atoms with E-state index in [0.717, 1.165) is 18.5 Å². The molecule has 1 fully saturated rings. The minimum atomic E-state index is 0.633. The lowest BCUT2D eigenvalue weighted by Crippen LogP contribution is -2.38. The van der Waals surface area contributed by atoms with Crippen LogP contribution in [0.5, 0.6) is 0 Å². The van der Waals surface area contributed by atoms with E-state index in [0.29, 0.717) is 6.54 Å². The molecule has 0 aliphatic heterocycles. The maximum Gasteiger partial charge on any atom is 0.0368 e. The molecule has 0 saturated heterocycles. The lowest BCUT2D eigenvalue weighted by molar-refractivity contribution is 0.304. The first kappa shape index (κ1) is 14.4. The Morgan fingerprint density at radius 2 is 1.89 bits per heavy atom. The molecule has 2 rings (SSSR count). The average molecular weight is 260 g/mol. The third kappa shape index (κ3) is 3.50. The minimum Gasteiger partial charge on any atom is -0.369 e. The van der Waals surface area contributed by atoms with Crippen molar-refractivity contribution in [3.8, 4) is 0 Å². The third-order valence-corrected chi connectivity index (χ3v) is 4.62. The van der Waals surface area contributed by atoms with Crippen molar-refractivity contribution in [2.75, 3.05) is 11.4 Å². The van der Waals surface area contributed by atoms with E-state index in [9.17, 15) is 0 Å². The molecule has 1 aliphatic carbocycles. The van der Waals surface area contributed by atoms with E-state index in [1.54, 1.807) is 0 Å². The van der Waals surface area contributed by atoms with Crippen LogP contribution in [0.2, 0.25) is 0 Å². The molecule has 0 radical (unpaired) electrons. The first-order valence-corrected chi connectivity index (χ1v) is 7.84. The van der Waals surface area contributed by atoms with Crippen LogP contribution < -0.4 is 10.6 Å². The molecule has 2 atom stereocenters. The van der Waals surface area contributed by atoms with Gasteiger partial charge in [-0.1, -0.05) is 38.3 Å². The lowest BCUT2D eigenvalue weighted by atomic mass is 9.83. The Bertz CT molecular complexity index is 371. The van der Waals surface area contributed by atoms with Crippen LogP contribution in [0.3, 0.4) is 0 Å². The zero-order valence-electron chi connectivity index (χ0n) is 12.4. The van der Waals surface area contributed by atoms with E-state index in [1.807, 2.05) is 0 Å². The van der Waals surface area contributed by atoms with Gasteiger partial charge in [0.05, 0.1) is 0 Å². The summed E-state index contributed by atoms with van der Waals surface area (Å²) in [6.45, 7) is 6.34. The summed E-state index contributed by atoms with van der Waals surface area (Å²) in [6.07, 6.45) is 6.86. The zero-order chi connectivity index (χ0) is 13.7. The summed E-state index contributed by atoms with van der Waals surface area (Å²) >= 11 is 0. The van der Waals surface area contributed by atoms with E-state index in [1.165, 1.54) is 43.4 Å². The predicted molar refractivity (Wildman–Crippen MR) is 83.4 cm³/mol. The minimum absolute atomic E-state index is 0.633. The summed E-state index contributed by atoms with van der Waals surface area (Å²) in [5.41, 5.74) is 8.25. The molecule has 2 nitrogen and oxygen atoms in total. The summed E-state index contributed by atoms with van der Waals surface area (Å²) in [5, 5.41) is 0. The van der Waals surface area contributed by atoms with Gasteiger partial charge in [-0.3, -0.25) is 0 Å². The van der Waals surface area contributed by atoms with Crippen molar-refractivity contribution in [1.82, 2.24) is 0 Å². The quantitative estimate of drug-likeness (QED) is 0.869. The van der Waals surface area contributed by atoms with E-state index < -0.39 is 0 Å². The molecule has 19 heavy (non-hydrogen) atoms. The van der Waals surface area contributed by atoms with Crippen molar-refractivity contribution >= 4 is 5.69 Å². The van der Waals surface area contributed by atoms with E-state index in [4.69, 9.17) is 5.73 Å². The number of hydrogen-bond donors (Lipinski definition) is 1. The molecule has 0 aromatic heterocycles. The standard InChI is InChI=1S/C17H28N2/c1-3-14-6-5-7-17(12-14)19(4-2)16-10-8-15(13-18)9-11-16/h8-11,14,17H,3-7,12-13,18H2,1-2H3. The Labute approximate surface area is 118 Å². The fraction of sp³-hybridized carbons (Fsp3) is 0.647. The summed E-state index contributed by atoms with van der Waals surface area (Å²) < 4.78 is 0. The monoisotopic (exact) mass is 260 g/mol. The summed E-state index contributed by atoms with van der Waals surface area (Å²) in [4.78, 5) is 2.59. The molecular formula is C17H28N2. The van der Waals surface area contributed by atoms with Crippen LogP contribution in [0.4, 0.5) is 5.69 Å². The molecule has 1 aliphatic rings. The van der Waals surface area contributed by atoms with Gasteiger partial charge in [0.25, 0.3) is 0 Å². The van der Waals surface area contributed by atoms with Crippen LogP contribution in [-0.2, 0) is 6.54 Å². The number of hydrogen-bond acceptors (Lipinski definition) is 2. The summed E-state index contributed by atoms with van der Waals surface area (Å²) in [6, 6.07) is 9.53. The van der Waals surface area contributed by atoms with E-state index in [-0.39, 0.29) is 0 Å². The largest absolute Gasteiger partial charge is 0.369 e. The van der Waals surface area contributed by atoms with Gasteiger partial charge >= 0.3 is 0 Å². The van der Waals surface area contributed by atoms with Gasteiger partial charge in [-0.25, -0.2) is 0 Å². The van der Waals surface area contributed by atoms with Gasteiger partial charge in [0.1, 0.15) is 0 Å². The molecule has 0 spiro atoms. The van der Waals surface area contributed by atoms with Gasteiger partial charge < -0.3 is 10.6 Å². The first-order valence-electron chi connectivity index (χ1n) is 7.84. The second-order valence-corrected chi connectivity index (χ2v) is 5.75. The molecule has 0 bridgehead atoms. The molecular weight excluding hydrogens is 232 g/mol. The van der Waals surface area contributed by atoms with Crippen LogP contribution in [0.15, 0.2) is 24.3 Å². The van der Waals surface area contributed by atoms with Crippen LogP contribution in [0.1, 0.15) is 51.5 Å². The van der Waals surface area contributed by atoms with Crippen LogP contribution in [0.25, 0.3) is 0 Å². The van der Waals surface area contributed by atoms with Crippen molar-refractivity contribution < 1.29 is 0 Å². The zero-order valence-corrected chi connectivity index (χ0v) is 12.4. The molecule has 1 aromatic carbocycles. The summed E-state index contributed by atoms with van der Waals surface area (Å²) in [5.74, 6) is 0.927. The number of rotatable bonds is 5. The SMILES string of the molecule is CCC1CCCC(N(CC)c2ccc(CN)cc2)C1. The topological polar surface area (TPSA) is 29.3 Å². The molecule has 0 amide bonds. The van der Waals surface area contributed by atoms with Crippen LogP contribution >= 0.6 is 0 Å². The fourth-order valence-electron chi connectivity index (χ4n) is 3.39. The van der Waals surface area contributed by atoms with Gasteiger partial charge in [-0.15, -0.1) is 0 Å². The number of anilines is 1. The third-order valence-electron chi connectivity index (χ3n) is 4.62. The second kappa shape index (κ2) is 6.95. The number of benzene rings is 1. The molecule has 0 heterocycles. The van der Waals surface area contributed by atoms with Gasteiger partial charge in [0.2, 0.25) is 0 Å². The number of nitrogens with zero attached hydrogens (tertiary/aromatic N) is 1. The molecule has 106 valence electrons. The van der Waals surface area contributed by atoms with Crippen LogP contribution in [0, 0.1) is 5.92 Å². The highest BCUT2D eigenvalue weighted by molar-refractivity contribution is 5.48. The van der Waals surface area contributed by atoms with Gasteiger partial charge in [0.15, 0.2) is 0 Å². The van der Waals surface area contributed by atoms with Gasteiger partial charge in [-0.2, -0.15) is 0 Å². The van der Waals surface area contributed by atoms with Crippen LogP contribution in [-0.4, -0.2) is 12.6 Å². The number of nitrogens with two attached hydrogens (primary N) is 1. The molecule has 2 heteroatoms. The molecule has 2 unspecified atom stereocenters. The Morgan fingerprint density at radius 3 is 2.47 bits per heavy atom. The Morgan fingerprint density at radius 1 is 1.16 bits per heavy atom. The van der Waals surface area contributed by atoms with E-state index in [2.05, 4.69) is 43.0 Å². The Kier molecular flexibility index (Phi) is 5.26. The second-order valence-electron chi connectivity index (χ2n) is 5.75. The van der Waals surface area contributed by atoms with Crippen molar-refractivity contribution in [3.05, 3.63) is 29.8 Å². The van der Waals surface area contributed by atoms with E-state index >= 15 is 0 Å². The Balaban J connectivity index is 2.09. The van der Waals surface area contributed by atoms with Crippen molar-refractivity contribution in [1.29, 1.82) is 0 Å². The highest BCUT2D eigenvalue weighted by atomic mass is 15.2. The highest BCUT2D eigenvalue weighted by Gasteiger charge is 2.25. The maximum absolute atomic E-state index is 5.67. The Hall–Kier alpha value is -1.02. The fourth-order valence-corrected chi connectivity index (χ4v) is 3.39.